The molecule has 0 aliphatic carbocycles. The molecule has 1 aliphatic rings. The molecule has 1 fully saturated rings. The maximum absolute atomic E-state index is 9.88. The van der Waals surface area contributed by atoms with Crippen LogP contribution in [0.1, 0.15) is 45.4 Å². The Labute approximate surface area is 127 Å². The predicted molar refractivity (Wildman–Crippen MR) is 81.1 cm³/mol. The fourth-order valence-corrected chi connectivity index (χ4v) is 2.37. The number of hydrogen-bond donors (Lipinski definition) is 3. The zero-order valence-corrected chi connectivity index (χ0v) is 13.0. The highest BCUT2D eigenvalue weighted by molar-refractivity contribution is 4.88. The van der Waals surface area contributed by atoms with E-state index < -0.39 is 24.4 Å². The molecule has 0 radical (unpaired) electrons. The third kappa shape index (κ3) is 6.89. The average molecular weight is 302 g/mol. The Morgan fingerprint density at radius 3 is 2.57 bits per heavy atom. The molecular formula is C16H30O5. The number of unbranched alkanes of at least 4 members (excludes halogenated alkanes) is 4. The molecule has 0 saturated carbocycles. The van der Waals surface area contributed by atoms with Gasteiger partial charge in [0.1, 0.15) is 24.4 Å². The van der Waals surface area contributed by atoms with Crippen LogP contribution in [0.3, 0.4) is 0 Å². The van der Waals surface area contributed by atoms with Gasteiger partial charge >= 0.3 is 0 Å². The van der Waals surface area contributed by atoms with E-state index in [1.54, 1.807) is 0 Å². The van der Waals surface area contributed by atoms with Crippen LogP contribution in [0.2, 0.25) is 0 Å². The maximum Gasteiger partial charge on any atom is 0.111 e. The maximum atomic E-state index is 9.88. The molecule has 124 valence electrons. The minimum atomic E-state index is -1.09. The second kappa shape index (κ2) is 11.2. The van der Waals surface area contributed by atoms with Gasteiger partial charge in [0.05, 0.1) is 19.8 Å². The summed E-state index contributed by atoms with van der Waals surface area (Å²) >= 11 is 0. The van der Waals surface area contributed by atoms with E-state index in [1.165, 1.54) is 25.7 Å². The smallest absolute Gasteiger partial charge is 0.111 e. The summed E-state index contributed by atoms with van der Waals surface area (Å²) in [4.78, 5) is 0. The third-order valence-electron chi connectivity index (χ3n) is 3.77. The van der Waals surface area contributed by atoms with Crippen LogP contribution < -0.4 is 0 Å². The summed E-state index contributed by atoms with van der Waals surface area (Å²) in [7, 11) is 0. The summed E-state index contributed by atoms with van der Waals surface area (Å²) in [5.74, 6) is 0. The van der Waals surface area contributed by atoms with Crippen LogP contribution in [-0.4, -0.2) is 59.6 Å². The Balaban J connectivity index is 2.08. The first kappa shape index (κ1) is 18.6. The van der Waals surface area contributed by atoms with Crippen molar-refractivity contribution in [2.24, 2.45) is 0 Å². The van der Waals surface area contributed by atoms with Gasteiger partial charge in [-0.3, -0.25) is 0 Å². The van der Waals surface area contributed by atoms with Gasteiger partial charge in [-0.1, -0.05) is 38.3 Å². The first-order chi connectivity index (χ1) is 10.2. The fraction of sp³-hybridized carbons (Fsp3) is 0.875. The van der Waals surface area contributed by atoms with Gasteiger partial charge in [0.15, 0.2) is 0 Å². The second-order valence-electron chi connectivity index (χ2n) is 5.55. The van der Waals surface area contributed by atoms with Gasteiger partial charge in [0.2, 0.25) is 0 Å². The molecule has 0 unspecified atom stereocenters. The number of allylic oxidation sites excluding steroid dienone is 1. The summed E-state index contributed by atoms with van der Waals surface area (Å²) in [6, 6.07) is 0. The third-order valence-corrected chi connectivity index (χ3v) is 3.77. The Bertz CT molecular complexity index is 282. The molecule has 0 aromatic rings. The SMILES string of the molecule is CCCCCC/C=C/CCO[C@@H]1CO[C@@H](CO)[C@H](O)[C@H]1O. The van der Waals surface area contributed by atoms with Crippen molar-refractivity contribution in [3.05, 3.63) is 12.2 Å². The van der Waals surface area contributed by atoms with E-state index in [9.17, 15) is 10.2 Å². The highest BCUT2D eigenvalue weighted by Gasteiger charge is 2.38. The molecule has 0 amide bonds. The van der Waals surface area contributed by atoms with Crippen LogP contribution in [0.25, 0.3) is 0 Å². The van der Waals surface area contributed by atoms with E-state index in [4.69, 9.17) is 14.6 Å². The Kier molecular flexibility index (Phi) is 9.87. The lowest BCUT2D eigenvalue weighted by Gasteiger charge is -2.36. The van der Waals surface area contributed by atoms with Gasteiger partial charge in [-0.05, 0) is 19.3 Å². The predicted octanol–water partition coefficient (Wildman–Crippen LogP) is 1.40. The molecule has 1 heterocycles. The zero-order chi connectivity index (χ0) is 15.5. The Hall–Kier alpha value is -0.460. The quantitative estimate of drug-likeness (QED) is 0.420. The van der Waals surface area contributed by atoms with Crippen LogP contribution in [0.15, 0.2) is 12.2 Å². The van der Waals surface area contributed by atoms with Crippen LogP contribution in [-0.2, 0) is 9.47 Å². The minimum absolute atomic E-state index is 0.199. The Morgan fingerprint density at radius 2 is 1.86 bits per heavy atom. The van der Waals surface area contributed by atoms with Crippen molar-refractivity contribution < 1.29 is 24.8 Å². The zero-order valence-electron chi connectivity index (χ0n) is 13.0. The number of hydrogen-bond acceptors (Lipinski definition) is 5. The molecule has 0 aromatic carbocycles. The van der Waals surface area contributed by atoms with Gasteiger partial charge in [-0.25, -0.2) is 0 Å². The lowest BCUT2D eigenvalue weighted by molar-refractivity contribution is -0.208. The Morgan fingerprint density at radius 1 is 1.10 bits per heavy atom. The summed E-state index contributed by atoms with van der Waals surface area (Å²) in [5, 5.41) is 28.6. The molecule has 1 saturated heterocycles. The van der Waals surface area contributed by atoms with Gasteiger partial charge in [0.25, 0.3) is 0 Å². The van der Waals surface area contributed by atoms with Crippen molar-refractivity contribution in [2.45, 2.75) is 69.9 Å². The van der Waals surface area contributed by atoms with E-state index in [2.05, 4.69) is 19.1 Å². The molecule has 1 aliphatic heterocycles. The van der Waals surface area contributed by atoms with Crippen LogP contribution in [0, 0.1) is 0 Å². The van der Waals surface area contributed by atoms with Crippen molar-refractivity contribution in [1.29, 1.82) is 0 Å². The standard InChI is InChI=1S/C16H30O5/c1-2-3-4-5-6-7-8-9-10-20-14-12-21-13(11-17)15(18)16(14)19/h7-8,13-19H,2-6,9-12H2,1H3/b8-7+/t13-,14+,15-,16-/m0/s1. The van der Waals surface area contributed by atoms with Gasteiger partial charge < -0.3 is 24.8 Å². The molecular weight excluding hydrogens is 272 g/mol. The fourth-order valence-electron chi connectivity index (χ4n) is 2.37. The first-order valence-electron chi connectivity index (χ1n) is 8.05. The molecule has 5 heteroatoms. The van der Waals surface area contributed by atoms with E-state index in [0.29, 0.717) is 6.61 Å². The molecule has 0 spiro atoms. The van der Waals surface area contributed by atoms with Gasteiger partial charge in [-0.2, -0.15) is 0 Å². The van der Waals surface area contributed by atoms with Crippen molar-refractivity contribution in [3.63, 3.8) is 0 Å². The highest BCUT2D eigenvalue weighted by atomic mass is 16.6. The van der Waals surface area contributed by atoms with E-state index in [1.807, 2.05) is 0 Å². The lowest BCUT2D eigenvalue weighted by atomic mass is 10.0. The van der Waals surface area contributed by atoms with Crippen molar-refractivity contribution in [3.8, 4) is 0 Å². The van der Waals surface area contributed by atoms with Crippen molar-refractivity contribution in [2.75, 3.05) is 19.8 Å². The number of aliphatic hydroxyl groups excluding tert-OH is 3. The minimum Gasteiger partial charge on any atom is -0.394 e. The topological polar surface area (TPSA) is 79.2 Å². The summed E-state index contributed by atoms with van der Waals surface area (Å²) in [6.45, 7) is 2.60. The molecule has 3 N–H and O–H groups in total. The van der Waals surface area contributed by atoms with E-state index in [-0.39, 0.29) is 13.2 Å². The first-order valence-corrected chi connectivity index (χ1v) is 8.05. The second-order valence-corrected chi connectivity index (χ2v) is 5.55. The van der Waals surface area contributed by atoms with Gasteiger partial charge in [0, 0.05) is 0 Å². The summed E-state index contributed by atoms with van der Waals surface area (Å²) in [5.41, 5.74) is 0. The number of aliphatic hydroxyl groups is 3. The lowest BCUT2D eigenvalue weighted by Crippen LogP contribution is -2.55. The number of rotatable bonds is 10. The van der Waals surface area contributed by atoms with Crippen LogP contribution in [0.4, 0.5) is 0 Å². The molecule has 21 heavy (non-hydrogen) atoms. The summed E-state index contributed by atoms with van der Waals surface area (Å²) < 4.78 is 10.8. The van der Waals surface area contributed by atoms with E-state index in [0.717, 1.165) is 12.8 Å². The monoisotopic (exact) mass is 302 g/mol. The van der Waals surface area contributed by atoms with Crippen LogP contribution in [0.5, 0.6) is 0 Å². The highest BCUT2D eigenvalue weighted by Crippen LogP contribution is 2.17. The molecule has 5 nitrogen and oxygen atoms in total. The van der Waals surface area contributed by atoms with E-state index >= 15 is 0 Å². The molecule has 0 bridgehead atoms. The molecule has 1 rings (SSSR count). The van der Waals surface area contributed by atoms with Gasteiger partial charge in [-0.15, -0.1) is 0 Å². The molecule has 0 aromatic heterocycles. The summed E-state index contributed by atoms with van der Waals surface area (Å²) in [6.07, 6.45) is 7.88. The van der Waals surface area contributed by atoms with Crippen LogP contribution >= 0.6 is 0 Å². The van der Waals surface area contributed by atoms with Crippen molar-refractivity contribution >= 4 is 0 Å². The largest absolute Gasteiger partial charge is 0.394 e. The molecule has 4 atom stereocenters. The number of ether oxygens (including phenoxy) is 2. The average Bonchev–Trinajstić information content (AvgIpc) is 2.50. The van der Waals surface area contributed by atoms with Crippen molar-refractivity contribution in [1.82, 2.24) is 0 Å². The normalized spacial score (nSPS) is 30.1.